The molecule has 0 atom stereocenters. The van der Waals surface area contributed by atoms with Gasteiger partial charge in [-0.3, -0.25) is 0 Å². The Kier molecular flexibility index (Phi) is 4.01. The minimum Gasteiger partial charge on any atom is -0.403 e. The molecule has 0 aliphatic carbocycles. The van der Waals surface area contributed by atoms with Crippen molar-refractivity contribution < 1.29 is 13.3 Å². The lowest BCUT2D eigenvalue weighted by atomic mass is 10.1. The van der Waals surface area contributed by atoms with E-state index < -0.39 is 11.4 Å². The molecule has 2 aromatic heterocycles. The van der Waals surface area contributed by atoms with Crippen molar-refractivity contribution in [1.29, 1.82) is 0 Å². The van der Waals surface area contributed by atoms with Crippen molar-refractivity contribution in [2.45, 2.75) is 6.92 Å². The van der Waals surface area contributed by atoms with Gasteiger partial charge >= 0.3 is 5.63 Å². The van der Waals surface area contributed by atoms with Gasteiger partial charge in [0.25, 0.3) is 0 Å². The first kappa shape index (κ1) is 16.8. The van der Waals surface area contributed by atoms with Crippen LogP contribution in [0, 0.1) is 12.7 Å². The van der Waals surface area contributed by atoms with Crippen LogP contribution in [0.15, 0.2) is 50.1 Å². The van der Waals surface area contributed by atoms with Gasteiger partial charge in [-0.15, -0.1) is 0 Å². The number of aromatic nitrogens is 2. The molecule has 0 N–H and O–H groups in total. The monoisotopic (exact) mass is 390 g/mol. The zero-order valence-electron chi connectivity index (χ0n) is 13.2. The van der Waals surface area contributed by atoms with Gasteiger partial charge in [-0.25, -0.2) is 14.2 Å². The molecule has 0 unspecified atom stereocenters. The number of fused-ring (bicyclic) bond motifs is 1. The van der Waals surface area contributed by atoms with E-state index in [-0.39, 0.29) is 22.5 Å². The predicted octanol–water partition coefficient (Wildman–Crippen LogP) is 5.26. The Morgan fingerprint density at radius 2 is 1.73 bits per heavy atom. The van der Waals surface area contributed by atoms with Gasteiger partial charge in [0.15, 0.2) is 0 Å². The first-order chi connectivity index (χ1) is 12.5. The van der Waals surface area contributed by atoms with E-state index in [1.807, 2.05) is 0 Å². The summed E-state index contributed by atoms with van der Waals surface area (Å²) >= 11 is 12.5. The van der Waals surface area contributed by atoms with Crippen LogP contribution in [0.2, 0.25) is 10.0 Å². The Morgan fingerprint density at radius 1 is 1.04 bits per heavy atom. The highest BCUT2D eigenvalue weighted by atomic mass is 35.5. The lowest BCUT2D eigenvalue weighted by molar-refractivity contribution is 0.399. The fraction of sp³-hybridized carbons (Fsp3) is 0.0556. The summed E-state index contributed by atoms with van der Waals surface area (Å²) in [4.78, 5) is 16.5. The van der Waals surface area contributed by atoms with Crippen LogP contribution in [0.1, 0.15) is 5.76 Å². The third-order valence-electron chi connectivity index (χ3n) is 3.88. The number of hydrogen-bond donors (Lipinski definition) is 0. The minimum atomic E-state index is -0.847. The number of halogens is 3. The van der Waals surface area contributed by atoms with Crippen LogP contribution in [0.5, 0.6) is 0 Å². The number of nitrogens with zero attached hydrogens (tertiary/aromatic N) is 2. The standard InChI is InChI=1S/C18H9Cl2FN2O3/c1-8-13(16(23-26-8)14-9(19)4-2-5-10(14)20)17-22-12-7-3-6-11(21)15(12)18(24)25-17/h2-7H,1H3. The van der Waals surface area contributed by atoms with Gasteiger partial charge in [-0.2, -0.15) is 0 Å². The molecule has 2 heterocycles. The Balaban J connectivity index is 2.03. The van der Waals surface area contributed by atoms with E-state index in [1.165, 1.54) is 18.2 Å². The van der Waals surface area contributed by atoms with E-state index in [4.69, 9.17) is 32.1 Å². The van der Waals surface area contributed by atoms with Crippen molar-refractivity contribution >= 4 is 34.1 Å². The van der Waals surface area contributed by atoms with Gasteiger partial charge < -0.3 is 8.94 Å². The first-order valence-corrected chi connectivity index (χ1v) is 8.23. The molecule has 0 saturated heterocycles. The molecule has 26 heavy (non-hydrogen) atoms. The van der Waals surface area contributed by atoms with Gasteiger partial charge in [0.05, 0.1) is 15.6 Å². The van der Waals surface area contributed by atoms with E-state index in [2.05, 4.69) is 10.1 Å². The second-order valence-corrected chi connectivity index (χ2v) is 6.31. The molecule has 130 valence electrons. The van der Waals surface area contributed by atoms with Crippen LogP contribution >= 0.6 is 23.2 Å². The van der Waals surface area contributed by atoms with Gasteiger partial charge in [0.1, 0.15) is 28.2 Å². The fourth-order valence-electron chi connectivity index (χ4n) is 2.70. The maximum absolute atomic E-state index is 13.9. The van der Waals surface area contributed by atoms with Crippen LogP contribution in [0.25, 0.3) is 33.6 Å². The number of hydrogen-bond acceptors (Lipinski definition) is 5. The molecular weight excluding hydrogens is 382 g/mol. The second-order valence-electron chi connectivity index (χ2n) is 5.50. The summed E-state index contributed by atoms with van der Waals surface area (Å²) in [5.41, 5.74) is 0.340. The van der Waals surface area contributed by atoms with Crippen molar-refractivity contribution in [2.24, 2.45) is 0 Å². The molecule has 0 aliphatic rings. The summed E-state index contributed by atoms with van der Waals surface area (Å²) < 4.78 is 24.4. The highest BCUT2D eigenvalue weighted by Gasteiger charge is 2.25. The van der Waals surface area contributed by atoms with Crippen molar-refractivity contribution in [2.75, 3.05) is 0 Å². The Morgan fingerprint density at radius 3 is 2.46 bits per heavy atom. The summed E-state index contributed by atoms with van der Waals surface area (Å²) in [7, 11) is 0. The molecule has 0 spiro atoms. The molecule has 2 aromatic carbocycles. The smallest absolute Gasteiger partial charge is 0.350 e. The second kappa shape index (κ2) is 6.23. The van der Waals surface area contributed by atoms with Gasteiger partial charge in [-0.05, 0) is 31.2 Å². The van der Waals surface area contributed by atoms with Crippen molar-refractivity contribution in [3.63, 3.8) is 0 Å². The Bertz CT molecular complexity index is 1200. The molecule has 5 nitrogen and oxygen atoms in total. The average molecular weight is 391 g/mol. The van der Waals surface area contributed by atoms with Gasteiger partial charge in [0.2, 0.25) is 5.89 Å². The first-order valence-electron chi connectivity index (χ1n) is 7.47. The summed E-state index contributed by atoms with van der Waals surface area (Å²) in [5, 5.41) is 4.47. The van der Waals surface area contributed by atoms with Gasteiger partial charge in [-0.1, -0.05) is 40.5 Å². The molecule has 8 heteroatoms. The minimum absolute atomic E-state index is 0.0576. The molecular formula is C18H9Cl2FN2O3. The largest absolute Gasteiger partial charge is 0.403 e. The average Bonchev–Trinajstić information content (AvgIpc) is 2.96. The summed E-state index contributed by atoms with van der Waals surface area (Å²) in [5.74, 6) is -0.410. The molecule has 0 saturated carbocycles. The van der Waals surface area contributed by atoms with E-state index in [9.17, 15) is 9.18 Å². The molecule has 4 rings (SSSR count). The van der Waals surface area contributed by atoms with Crippen molar-refractivity contribution in [3.05, 3.63) is 68.4 Å². The summed E-state index contributed by atoms with van der Waals surface area (Å²) in [6.45, 7) is 1.63. The van der Waals surface area contributed by atoms with Crippen LogP contribution in [0.3, 0.4) is 0 Å². The topological polar surface area (TPSA) is 69.1 Å². The molecule has 0 aliphatic heterocycles. The third-order valence-corrected chi connectivity index (χ3v) is 4.51. The van der Waals surface area contributed by atoms with Crippen LogP contribution in [-0.4, -0.2) is 10.1 Å². The van der Waals surface area contributed by atoms with E-state index in [1.54, 1.807) is 25.1 Å². The third kappa shape index (κ3) is 2.58. The number of aryl methyl sites for hydroxylation is 1. The molecule has 0 fully saturated rings. The zero-order valence-corrected chi connectivity index (χ0v) is 14.7. The Hall–Kier alpha value is -2.70. The van der Waals surface area contributed by atoms with Crippen molar-refractivity contribution in [3.8, 4) is 22.7 Å². The predicted molar refractivity (Wildman–Crippen MR) is 95.9 cm³/mol. The van der Waals surface area contributed by atoms with Crippen LogP contribution < -0.4 is 5.63 Å². The maximum atomic E-state index is 13.9. The number of rotatable bonds is 2. The lowest BCUT2D eigenvalue weighted by Crippen LogP contribution is -2.05. The molecule has 0 amide bonds. The molecule has 0 radical (unpaired) electrons. The molecule has 0 bridgehead atoms. The van der Waals surface area contributed by atoms with Crippen LogP contribution in [-0.2, 0) is 0 Å². The number of benzene rings is 2. The summed E-state index contributed by atoms with van der Waals surface area (Å²) in [6.07, 6.45) is 0. The zero-order chi connectivity index (χ0) is 18.4. The highest BCUT2D eigenvalue weighted by molar-refractivity contribution is 6.39. The molecule has 4 aromatic rings. The van der Waals surface area contributed by atoms with Crippen LogP contribution in [0.4, 0.5) is 4.39 Å². The lowest BCUT2D eigenvalue weighted by Gasteiger charge is -2.06. The van der Waals surface area contributed by atoms with E-state index >= 15 is 0 Å². The highest BCUT2D eigenvalue weighted by Crippen LogP contribution is 2.40. The SMILES string of the molecule is Cc1onc(-c2c(Cl)cccc2Cl)c1-c1nc2cccc(F)c2c(=O)o1. The van der Waals surface area contributed by atoms with Crippen molar-refractivity contribution in [1.82, 2.24) is 10.1 Å². The normalized spacial score (nSPS) is 11.2. The summed E-state index contributed by atoms with van der Waals surface area (Å²) in [6, 6.07) is 9.13. The quantitative estimate of drug-likeness (QED) is 0.466. The fourth-order valence-corrected chi connectivity index (χ4v) is 3.28. The van der Waals surface area contributed by atoms with E-state index in [0.29, 0.717) is 26.9 Å². The Labute approximate surface area is 156 Å². The van der Waals surface area contributed by atoms with Gasteiger partial charge in [0, 0.05) is 5.56 Å². The maximum Gasteiger partial charge on any atom is 0.350 e. The van der Waals surface area contributed by atoms with E-state index in [0.717, 1.165) is 0 Å².